The van der Waals surface area contributed by atoms with Gasteiger partial charge in [-0.15, -0.1) is 0 Å². The zero-order valence-corrected chi connectivity index (χ0v) is 13.8. The first-order valence-electron chi connectivity index (χ1n) is 8.27. The molecular formula is C18H20FN3O3. The molecule has 7 heteroatoms. The Morgan fingerprint density at radius 3 is 3.08 bits per heavy atom. The summed E-state index contributed by atoms with van der Waals surface area (Å²) in [5.41, 5.74) is 1.19. The summed E-state index contributed by atoms with van der Waals surface area (Å²) in [6.45, 7) is 1.51. The maximum absolute atomic E-state index is 13.2. The van der Waals surface area contributed by atoms with Crippen molar-refractivity contribution in [2.45, 2.75) is 25.4 Å². The summed E-state index contributed by atoms with van der Waals surface area (Å²) < 4.78 is 18.9. The van der Waals surface area contributed by atoms with Crippen molar-refractivity contribution in [1.82, 2.24) is 14.9 Å². The minimum absolute atomic E-state index is 0.0341. The molecule has 0 spiro atoms. The highest BCUT2D eigenvalue weighted by atomic mass is 19.1. The van der Waals surface area contributed by atoms with Crippen LogP contribution in [0.1, 0.15) is 17.7 Å². The van der Waals surface area contributed by atoms with E-state index < -0.39 is 0 Å². The fraction of sp³-hybridized carbons (Fsp3) is 0.389. The molecule has 1 fully saturated rings. The number of halogens is 1. The lowest BCUT2D eigenvalue weighted by molar-refractivity contribution is -0.138. The van der Waals surface area contributed by atoms with E-state index in [4.69, 9.17) is 4.74 Å². The second-order valence-electron chi connectivity index (χ2n) is 6.08. The summed E-state index contributed by atoms with van der Waals surface area (Å²) in [6, 6.07) is 7.57. The third-order valence-electron chi connectivity index (χ3n) is 4.19. The molecule has 1 aromatic heterocycles. The predicted molar refractivity (Wildman–Crippen MR) is 89.6 cm³/mol. The Labute approximate surface area is 144 Å². The van der Waals surface area contributed by atoms with Gasteiger partial charge in [0.15, 0.2) is 0 Å². The number of aromatic amines is 1. The Morgan fingerprint density at radius 2 is 2.28 bits per heavy atom. The average molecular weight is 345 g/mol. The largest absolute Gasteiger partial charge is 0.375 e. The molecule has 6 nitrogen and oxygen atoms in total. The molecule has 1 aliphatic rings. The van der Waals surface area contributed by atoms with E-state index in [0.717, 1.165) is 0 Å². The van der Waals surface area contributed by atoms with Crippen LogP contribution in [-0.4, -0.2) is 46.6 Å². The van der Waals surface area contributed by atoms with Gasteiger partial charge in [0.2, 0.25) is 5.91 Å². The van der Waals surface area contributed by atoms with Gasteiger partial charge in [0.1, 0.15) is 5.82 Å². The van der Waals surface area contributed by atoms with E-state index in [1.54, 1.807) is 17.0 Å². The molecule has 2 aromatic rings. The van der Waals surface area contributed by atoms with Gasteiger partial charge in [-0.3, -0.25) is 9.59 Å². The third kappa shape index (κ3) is 4.96. The van der Waals surface area contributed by atoms with Gasteiger partial charge >= 0.3 is 0 Å². The number of aryl methyl sites for hydroxylation is 1. The summed E-state index contributed by atoms with van der Waals surface area (Å²) in [5, 5.41) is 0. The molecule has 1 saturated heterocycles. The zero-order chi connectivity index (χ0) is 17.6. The molecule has 1 atom stereocenters. The number of aromatic nitrogens is 2. The van der Waals surface area contributed by atoms with Crippen molar-refractivity contribution in [1.29, 1.82) is 0 Å². The zero-order valence-electron chi connectivity index (χ0n) is 13.8. The van der Waals surface area contributed by atoms with Gasteiger partial charge in [0.25, 0.3) is 5.56 Å². The minimum atomic E-state index is -0.337. The van der Waals surface area contributed by atoms with Gasteiger partial charge in [-0.05, 0) is 30.5 Å². The maximum Gasteiger partial charge on any atom is 0.250 e. The number of ether oxygens (including phenoxy) is 1. The Bertz CT molecular complexity index is 793. The van der Waals surface area contributed by atoms with E-state index in [1.165, 1.54) is 24.5 Å². The first kappa shape index (κ1) is 17.3. The number of nitrogens with one attached hydrogen (secondary N) is 1. The quantitative estimate of drug-likeness (QED) is 0.887. The predicted octanol–water partition coefficient (Wildman–Crippen LogP) is 1.31. The number of carbonyl (C=O) groups excluding carboxylic acids is 1. The minimum Gasteiger partial charge on any atom is -0.375 e. The van der Waals surface area contributed by atoms with Crippen LogP contribution in [-0.2, 0) is 22.4 Å². The van der Waals surface area contributed by atoms with Crippen molar-refractivity contribution in [3.8, 4) is 0 Å². The molecule has 1 N–H and O–H groups in total. The van der Waals surface area contributed by atoms with Crippen LogP contribution in [0, 0.1) is 5.82 Å². The lowest BCUT2D eigenvalue weighted by Gasteiger charge is -2.33. The Hall–Kier alpha value is -2.54. The van der Waals surface area contributed by atoms with Crippen molar-refractivity contribution in [2.24, 2.45) is 0 Å². The second kappa shape index (κ2) is 8.02. The number of H-pyrrole nitrogens is 1. The van der Waals surface area contributed by atoms with Crippen LogP contribution >= 0.6 is 0 Å². The van der Waals surface area contributed by atoms with Gasteiger partial charge in [-0.1, -0.05) is 12.1 Å². The number of carbonyl (C=O) groups is 1. The fourth-order valence-corrected chi connectivity index (χ4v) is 2.91. The number of rotatable bonds is 5. The maximum atomic E-state index is 13.2. The molecule has 132 valence electrons. The topological polar surface area (TPSA) is 75.3 Å². The molecule has 1 amide bonds. The van der Waals surface area contributed by atoms with Crippen LogP contribution in [0.5, 0.6) is 0 Å². The second-order valence-corrected chi connectivity index (χ2v) is 6.08. The normalized spacial score (nSPS) is 17.5. The van der Waals surface area contributed by atoms with Crippen molar-refractivity contribution in [3.63, 3.8) is 0 Å². The van der Waals surface area contributed by atoms with Crippen LogP contribution in [0.2, 0.25) is 0 Å². The number of hydrogen-bond acceptors (Lipinski definition) is 4. The van der Waals surface area contributed by atoms with Crippen LogP contribution in [0.25, 0.3) is 0 Å². The number of morpholine rings is 1. The van der Waals surface area contributed by atoms with Gasteiger partial charge in [0, 0.05) is 24.8 Å². The third-order valence-corrected chi connectivity index (χ3v) is 4.19. The van der Waals surface area contributed by atoms with Crippen molar-refractivity contribution in [2.75, 3.05) is 19.7 Å². The van der Waals surface area contributed by atoms with Crippen molar-refractivity contribution < 1.29 is 13.9 Å². The Kier molecular flexibility index (Phi) is 5.55. The van der Waals surface area contributed by atoms with E-state index in [-0.39, 0.29) is 29.8 Å². The standard InChI is InChI=1S/C18H20FN3O3/c19-14-3-1-2-13(8-14)9-18(24)22-6-7-25-16(11-22)5-4-15-10-17(23)21-12-20-15/h1-3,8,10,12,16H,4-7,9,11H2,(H,20,21,23)/t16-/m1/s1. The van der Waals surface area contributed by atoms with E-state index >= 15 is 0 Å². The molecule has 0 radical (unpaired) electrons. The van der Waals surface area contributed by atoms with E-state index in [0.29, 0.717) is 43.8 Å². The number of benzene rings is 1. The van der Waals surface area contributed by atoms with E-state index in [2.05, 4.69) is 9.97 Å². The molecule has 1 aromatic carbocycles. The molecule has 2 heterocycles. The van der Waals surface area contributed by atoms with Crippen molar-refractivity contribution in [3.05, 3.63) is 64.1 Å². The lowest BCUT2D eigenvalue weighted by atomic mass is 10.1. The van der Waals surface area contributed by atoms with Crippen LogP contribution in [0.4, 0.5) is 4.39 Å². The average Bonchev–Trinajstić information content (AvgIpc) is 2.60. The van der Waals surface area contributed by atoms with E-state index in [9.17, 15) is 14.0 Å². The molecule has 1 aliphatic heterocycles. The highest BCUT2D eigenvalue weighted by molar-refractivity contribution is 5.78. The first-order valence-corrected chi connectivity index (χ1v) is 8.27. The molecule has 0 unspecified atom stereocenters. The van der Waals surface area contributed by atoms with Crippen LogP contribution < -0.4 is 5.56 Å². The van der Waals surface area contributed by atoms with Gasteiger partial charge in [0.05, 0.1) is 25.5 Å². The van der Waals surface area contributed by atoms with Crippen LogP contribution in [0.15, 0.2) is 41.5 Å². The van der Waals surface area contributed by atoms with E-state index in [1.807, 2.05) is 0 Å². The molecule has 0 saturated carbocycles. The summed E-state index contributed by atoms with van der Waals surface area (Å²) in [5.74, 6) is -0.372. The first-order chi connectivity index (χ1) is 12.1. The smallest absolute Gasteiger partial charge is 0.250 e. The van der Waals surface area contributed by atoms with Gasteiger partial charge in [-0.25, -0.2) is 9.37 Å². The van der Waals surface area contributed by atoms with Gasteiger partial charge in [-0.2, -0.15) is 0 Å². The summed E-state index contributed by atoms with van der Waals surface area (Å²) in [7, 11) is 0. The summed E-state index contributed by atoms with van der Waals surface area (Å²) in [4.78, 5) is 32.1. The fourth-order valence-electron chi connectivity index (χ4n) is 2.91. The number of hydrogen-bond donors (Lipinski definition) is 1. The summed E-state index contributed by atoms with van der Waals surface area (Å²) >= 11 is 0. The van der Waals surface area contributed by atoms with Gasteiger partial charge < -0.3 is 14.6 Å². The molecule has 0 aliphatic carbocycles. The Morgan fingerprint density at radius 1 is 1.40 bits per heavy atom. The highest BCUT2D eigenvalue weighted by Crippen LogP contribution is 2.13. The Balaban J connectivity index is 1.53. The van der Waals surface area contributed by atoms with Crippen LogP contribution in [0.3, 0.4) is 0 Å². The molecule has 25 heavy (non-hydrogen) atoms. The molecular weight excluding hydrogens is 325 g/mol. The lowest BCUT2D eigenvalue weighted by Crippen LogP contribution is -2.46. The number of amides is 1. The molecule has 3 rings (SSSR count). The van der Waals surface area contributed by atoms with Crippen molar-refractivity contribution >= 4 is 5.91 Å². The summed E-state index contributed by atoms with van der Waals surface area (Å²) in [6.07, 6.45) is 2.76. The molecule has 0 bridgehead atoms. The SMILES string of the molecule is O=C(Cc1cccc(F)c1)N1CCO[C@H](CCc2cc(=O)[nH]cn2)C1. The highest BCUT2D eigenvalue weighted by Gasteiger charge is 2.24. The monoisotopic (exact) mass is 345 g/mol. The number of nitrogens with zero attached hydrogens (tertiary/aromatic N) is 2.